The first-order valence-corrected chi connectivity index (χ1v) is 18.3. The van der Waals surface area contributed by atoms with E-state index in [4.69, 9.17) is 4.74 Å². The van der Waals surface area contributed by atoms with Gasteiger partial charge in [0.2, 0.25) is 0 Å². The van der Waals surface area contributed by atoms with E-state index >= 15 is 0 Å². The molecule has 0 saturated heterocycles. The number of nitrogens with zero attached hydrogens (tertiary/aromatic N) is 1. The lowest BCUT2D eigenvalue weighted by atomic mass is 9.63. The Labute approximate surface area is 280 Å². The summed E-state index contributed by atoms with van der Waals surface area (Å²) in [6.45, 7) is 0. The highest BCUT2D eigenvalue weighted by Gasteiger charge is 2.52. The molecule has 47 heavy (non-hydrogen) atoms. The molecule has 0 amide bonds. The lowest BCUT2D eigenvalue weighted by Gasteiger charge is -2.47. The van der Waals surface area contributed by atoms with Crippen LogP contribution < -0.4 is 25.2 Å². The first-order valence-electron chi connectivity index (χ1n) is 16.0. The average molecular weight is 635 g/mol. The van der Waals surface area contributed by atoms with Gasteiger partial charge in [0.1, 0.15) is 11.5 Å². The van der Waals surface area contributed by atoms with E-state index in [0.29, 0.717) is 0 Å². The molecule has 3 aliphatic rings. The summed E-state index contributed by atoms with van der Waals surface area (Å²) in [6.07, 6.45) is 0. The zero-order chi connectivity index (χ0) is 31.0. The summed E-state index contributed by atoms with van der Waals surface area (Å²) in [7, 11) is -1.35. The normalized spacial score (nSPS) is 14.9. The van der Waals surface area contributed by atoms with Gasteiger partial charge in [-0.15, -0.1) is 0 Å². The van der Waals surface area contributed by atoms with Gasteiger partial charge in [-0.3, -0.25) is 0 Å². The molecule has 0 fully saturated rings. The molecular weight excluding hydrogens is 607 g/mol. The second-order valence-corrected chi connectivity index (χ2v) is 15.7. The summed E-state index contributed by atoms with van der Waals surface area (Å²) in [5.74, 6) is 1.83. The Morgan fingerprint density at radius 3 is 1.68 bits per heavy atom. The molecular formula is C43H28NOSSi. The highest BCUT2D eigenvalue weighted by molar-refractivity contribution is 7.99. The molecule has 10 rings (SSSR count). The first-order chi connectivity index (χ1) is 23.3. The Bertz CT molecular complexity index is 2260. The molecule has 3 aliphatic heterocycles. The van der Waals surface area contributed by atoms with E-state index in [2.05, 4.69) is 175 Å². The van der Waals surface area contributed by atoms with Crippen LogP contribution in [0.2, 0.25) is 0 Å². The van der Waals surface area contributed by atoms with Gasteiger partial charge >= 0.3 is 0 Å². The summed E-state index contributed by atoms with van der Waals surface area (Å²) in [6, 6.07) is 62.5. The first kappa shape index (κ1) is 26.9. The van der Waals surface area contributed by atoms with Gasteiger partial charge in [0.15, 0.2) is 8.80 Å². The van der Waals surface area contributed by atoms with E-state index in [1.807, 2.05) is 11.8 Å². The zero-order valence-electron chi connectivity index (χ0n) is 25.4. The molecule has 3 heterocycles. The number of rotatable bonds is 2. The van der Waals surface area contributed by atoms with Crippen molar-refractivity contribution in [3.8, 4) is 11.5 Å². The summed E-state index contributed by atoms with van der Waals surface area (Å²) in [5.41, 5.74) is 8.09. The summed E-state index contributed by atoms with van der Waals surface area (Å²) in [5, 5.41) is 4.25. The standard InChI is InChI=1S/C43H28NOSSi/c1-2-14-30(15-3-1)47-41-25-13-6-18-33(41)43(31-16-4-9-21-37(31)45-38-22-10-5-17-32(38)43)34-28-29(26-27-42(34)47)44-35-19-7-11-23-39(35)46-40-24-12-8-20-36(40)44/h1-28H. The van der Waals surface area contributed by atoms with E-state index < -0.39 is 14.2 Å². The Morgan fingerprint density at radius 2 is 1.00 bits per heavy atom. The van der Waals surface area contributed by atoms with Crippen LogP contribution in [0.5, 0.6) is 11.5 Å². The minimum absolute atomic E-state index is 0.556. The van der Waals surface area contributed by atoms with Crippen molar-refractivity contribution in [2.24, 2.45) is 0 Å². The van der Waals surface area contributed by atoms with Crippen molar-refractivity contribution in [3.05, 3.63) is 192 Å². The molecule has 0 bridgehead atoms. The maximum absolute atomic E-state index is 6.68. The SMILES string of the molecule is c1ccc([Si]2c3ccccc3C3(c4ccccc4Oc4ccccc43)c3cc(N4c5ccccc5Sc5ccccc54)ccc32)cc1. The largest absolute Gasteiger partial charge is 0.457 e. The maximum atomic E-state index is 6.68. The van der Waals surface area contributed by atoms with Crippen LogP contribution in [0.3, 0.4) is 0 Å². The van der Waals surface area contributed by atoms with Gasteiger partial charge in [0.25, 0.3) is 0 Å². The lowest BCUT2D eigenvalue weighted by Crippen LogP contribution is -2.62. The van der Waals surface area contributed by atoms with Gasteiger partial charge in [-0.2, -0.15) is 0 Å². The fourth-order valence-electron chi connectivity index (χ4n) is 7.99. The summed E-state index contributed by atoms with van der Waals surface area (Å²) >= 11 is 1.85. The molecule has 0 aliphatic carbocycles. The van der Waals surface area contributed by atoms with Gasteiger partial charge in [-0.25, -0.2) is 0 Å². The molecule has 1 radical (unpaired) electrons. The zero-order valence-corrected chi connectivity index (χ0v) is 27.2. The van der Waals surface area contributed by atoms with Crippen LogP contribution in [-0.2, 0) is 5.41 Å². The monoisotopic (exact) mass is 634 g/mol. The molecule has 7 aromatic rings. The van der Waals surface area contributed by atoms with Gasteiger partial charge in [0, 0.05) is 26.6 Å². The molecule has 4 heteroatoms. The molecule has 7 aromatic carbocycles. The van der Waals surface area contributed by atoms with Crippen LogP contribution in [0.25, 0.3) is 0 Å². The lowest BCUT2D eigenvalue weighted by molar-refractivity contribution is 0.435. The van der Waals surface area contributed by atoms with Crippen molar-refractivity contribution < 1.29 is 4.74 Å². The quantitative estimate of drug-likeness (QED) is 0.176. The van der Waals surface area contributed by atoms with Crippen LogP contribution >= 0.6 is 11.8 Å². The fourth-order valence-corrected chi connectivity index (χ4v) is 12.1. The Kier molecular flexibility index (Phi) is 5.92. The minimum Gasteiger partial charge on any atom is -0.457 e. The summed E-state index contributed by atoms with van der Waals surface area (Å²) < 4.78 is 6.68. The summed E-state index contributed by atoms with van der Waals surface area (Å²) in [4.78, 5) is 4.99. The minimum atomic E-state index is -1.35. The van der Waals surface area contributed by atoms with E-state index in [0.717, 1.165) is 11.5 Å². The van der Waals surface area contributed by atoms with Crippen LogP contribution in [0.4, 0.5) is 17.1 Å². The maximum Gasteiger partial charge on any atom is 0.155 e. The van der Waals surface area contributed by atoms with Crippen molar-refractivity contribution in [1.82, 2.24) is 0 Å². The highest BCUT2D eigenvalue weighted by Crippen LogP contribution is 2.57. The number of hydrogen-bond donors (Lipinski definition) is 0. The third-order valence-corrected chi connectivity index (χ3v) is 13.8. The van der Waals surface area contributed by atoms with E-state index in [-0.39, 0.29) is 0 Å². The second kappa shape index (κ2) is 10.4. The van der Waals surface area contributed by atoms with Gasteiger partial charge in [0.05, 0.1) is 16.8 Å². The van der Waals surface area contributed by atoms with Gasteiger partial charge < -0.3 is 9.64 Å². The average Bonchev–Trinajstić information content (AvgIpc) is 3.14. The predicted octanol–water partition coefficient (Wildman–Crippen LogP) is 8.94. The van der Waals surface area contributed by atoms with Crippen molar-refractivity contribution in [3.63, 3.8) is 0 Å². The van der Waals surface area contributed by atoms with Crippen molar-refractivity contribution in [1.29, 1.82) is 0 Å². The van der Waals surface area contributed by atoms with E-state index in [1.165, 1.54) is 64.7 Å². The molecule has 2 nitrogen and oxygen atoms in total. The van der Waals surface area contributed by atoms with Crippen molar-refractivity contribution in [2.45, 2.75) is 15.2 Å². The predicted molar refractivity (Wildman–Crippen MR) is 195 cm³/mol. The second-order valence-electron chi connectivity index (χ2n) is 12.2. The number of para-hydroxylation sites is 4. The Morgan fingerprint density at radius 1 is 0.468 bits per heavy atom. The molecule has 0 aromatic heterocycles. The fraction of sp³-hybridized carbons (Fsp3) is 0.0233. The Hall–Kier alpha value is -5.29. The topological polar surface area (TPSA) is 12.5 Å². The number of benzene rings is 7. The highest BCUT2D eigenvalue weighted by atomic mass is 32.2. The van der Waals surface area contributed by atoms with Crippen molar-refractivity contribution >= 4 is 53.2 Å². The van der Waals surface area contributed by atoms with Gasteiger partial charge in [-0.1, -0.05) is 138 Å². The number of anilines is 3. The van der Waals surface area contributed by atoms with Crippen LogP contribution in [-0.4, -0.2) is 8.80 Å². The molecule has 0 saturated carbocycles. The third-order valence-electron chi connectivity index (χ3n) is 9.83. The molecule has 0 N–H and O–H groups in total. The van der Waals surface area contributed by atoms with Crippen molar-refractivity contribution in [2.75, 3.05) is 4.90 Å². The van der Waals surface area contributed by atoms with Crippen LogP contribution in [0, 0.1) is 0 Å². The van der Waals surface area contributed by atoms with Gasteiger partial charge in [-0.05, 0) is 70.0 Å². The van der Waals surface area contributed by atoms with E-state index in [9.17, 15) is 0 Å². The number of hydrogen-bond acceptors (Lipinski definition) is 3. The molecule has 0 unspecified atom stereocenters. The Balaban J connectivity index is 1.34. The smallest absolute Gasteiger partial charge is 0.155 e. The number of ether oxygens (including phenoxy) is 1. The molecule has 221 valence electrons. The van der Waals surface area contributed by atoms with E-state index in [1.54, 1.807) is 0 Å². The number of fused-ring (bicyclic) bond motifs is 10. The van der Waals surface area contributed by atoms with Crippen LogP contribution in [0.1, 0.15) is 22.3 Å². The molecule has 1 spiro atoms. The van der Waals surface area contributed by atoms with Crippen LogP contribution in [0.15, 0.2) is 180 Å². The third kappa shape index (κ3) is 3.80. The molecule has 0 atom stereocenters.